The first-order valence-electron chi connectivity index (χ1n) is 8.10. The van der Waals surface area contributed by atoms with Gasteiger partial charge in [-0.3, -0.25) is 4.79 Å². The number of hydrogen-bond donors (Lipinski definition) is 0. The van der Waals surface area contributed by atoms with Gasteiger partial charge < -0.3 is 14.5 Å². The van der Waals surface area contributed by atoms with Gasteiger partial charge in [-0.25, -0.2) is 14.5 Å². The minimum atomic E-state index is -0.714. The van der Waals surface area contributed by atoms with Crippen molar-refractivity contribution < 1.29 is 19.1 Å². The van der Waals surface area contributed by atoms with E-state index in [1.54, 1.807) is 17.9 Å². The van der Waals surface area contributed by atoms with E-state index in [2.05, 4.69) is 0 Å². The quantitative estimate of drug-likeness (QED) is 0.699. The smallest absolute Gasteiger partial charge is 0.409 e. The predicted octanol–water partition coefficient (Wildman–Crippen LogP) is 1.88. The average molecular weight is 375 g/mol. The lowest BCUT2D eigenvalue weighted by Crippen LogP contribution is -2.54. The summed E-state index contributed by atoms with van der Waals surface area (Å²) in [5, 5.41) is 9.30. The first-order chi connectivity index (χ1) is 12.4. The maximum Gasteiger partial charge on any atom is 0.409 e. The monoisotopic (exact) mass is 374 g/mol. The Bertz CT molecular complexity index is 895. The number of amides is 4. The largest absolute Gasteiger partial charge is 0.453 e. The molecule has 9 heteroatoms. The number of halogens is 1. The number of fused-ring (bicyclic) bond motifs is 5. The molecule has 0 radical (unpaired) electrons. The van der Waals surface area contributed by atoms with E-state index in [4.69, 9.17) is 21.6 Å². The number of anilines is 1. The molecule has 2 bridgehead atoms. The molecule has 3 fully saturated rings. The number of nitrogens with zero attached hydrogens (tertiary/aromatic N) is 4. The normalized spacial score (nSPS) is 26.4. The molecule has 26 heavy (non-hydrogen) atoms. The van der Waals surface area contributed by atoms with Crippen LogP contribution in [0.25, 0.3) is 0 Å². The van der Waals surface area contributed by atoms with Crippen molar-refractivity contribution in [1.29, 1.82) is 5.26 Å². The van der Waals surface area contributed by atoms with Gasteiger partial charge >= 0.3 is 12.1 Å². The average Bonchev–Trinajstić information content (AvgIpc) is 3.29. The molecule has 4 rings (SSSR count). The van der Waals surface area contributed by atoms with Crippen molar-refractivity contribution in [3.8, 4) is 6.07 Å². The van der Waals surface area contributed by atoms with Crippen LogP contribution in [0.5, 0.6) is 0 Å². The van der Waals surface area contributed by atoms with E-state index in [1.165, 1.54) is 18.1 Å². The minimum Gasteiger partial charge on any atom is -0.453 e. The summed E-state index contributed by atoms with van der Waals surface area (Å²) in [7, 11) is 1.29. The van der Waals surface area contributed by atoms with Gasteiger partial charge in [0, 0.05) is 6.54 Å². The Labute approximate surface area is 154 Å². The van der Waals surface area contributed by atoms with Crippen molar-refractivity contribution in [2.45, 2.75) is 31.5 Å². The fourth-order valence-electron chi connectivity index (χ4n) is 4.21. The fraction of sp³-hybridized carbons (Fsp3) is 0.412. The number of likely N-dealkylation sites (tertiary alicyclic amines) is 1. The lowest BCUT2D eigenvalue weighted by molar-refractivity contribution is -0.121. The van der Waals surface area contributed by atoms with Gasteiger partial charge in [-0.15, -0.1) is 0 Å². The second kappa shape index (κ2) is 5.61. The molecule has 3 atom stereocenters. The van der Waals surface area contributed by atoms with Gasteiger partial charge in [0.15, 0.2) is 0 Å². The van der Waals surface area contributed by atoms with Crippen LogP contribution in [0.2, 0.25) is 5.02 Å². The van der Waals surface area contributed by atoms with E-state index >= 15 is 0 Å². The molecule has 8 nitrogen and oxygen atoms in total. The fourth-order valence-corrected chi connectivity index (χ4v) is 4.41. The lowest BCUT2D eigenvalue weighted by Gasteiger charge is -2.33. The Kier molecular flexibility index (Phi) is 3.59. The number of imide groups is 1. The second-order valence-corrected chi connectivity index (χ2v) is 6.95. The number of carbonyl (C=O) groups is 3. The summed E-state index contributed by atoms with van der Waals surface area (Å²) in [5.41, 5.74) is 1.14. The first-order valence-corrected chi connectivity index (χ1v) is 8.48. The summed E-state index contributed by atoms with van der Waals surface area (Å²) in [6, 6.07) is 3.30. The highest BCUT2D eigenvalue weighted by molar-refractivity contribution is 6.33. The van der Waals surface area contributed by atoms with Crippen LogP contribution < -0.4 is 4.90 Å². The standard InChI is InChI=1S/C17H15ClN4O4/c1-8-11(4-3-9(6-19)13(8)18)22-15(23)14-12-5-10(21(14)16(22)24)7-20(12)17(25)26-2/h3-4,10,12,14H,5,7H2,1-2H3/t10-,12?,14+/m1/s1. The number of piperazine rings is 1. The summed E-state index contributed by atoms with van der Waals surface area (Å²) in [6.45, 7) is 2.02. The highest BCUT2D eigenvalue weighted by atomic mass is 35.5. The number of carbonyl (C=O) groups excluding carboxylic acids is 3. The van der Waals surface area contributed by atoms with E-state index in [-0.39, 0.29) is 28.6 Å². The van der Waals surface area contributed by atoms with Crippen LogP contribution in [-0.2, 0) is 9.53 Å². The molecule has 1 unspecified atom stereocenters. The van der Waals surface area contributed by atoms with Gasteiger partial charge in [-0.2, -0.15) is 5.26 Å². The molecule has 0 aromatic heterocycles. The van der Waals surface area contributed by atoms with Crippen molar-refractivity contribution in [1.82, 2.24) is 9.80 Å². The van der Waals surface area contributed by atoms with E-state index in [0.717, 1.165) is 4.90 Å². The molecule has 0 saturated carbocycles. The van der Waals surface area contributed by atoms with Gasteiger partial charge in [0.1, 0.15) is 12.1 Å². The zero-order chi connectivity index (χ0) is 18.7. The topological polar surface area (TPSA) is 94.0 Å². The van der Waals surface area contributed by atoms with Gasteiger partial charge in [0.25, 0.3) is 5.91 Å². The van der Waals surface area contributed by atoms with E-state index in [9.17, 15) is 14.4 Å². The summed E-state index contributed by atoms with van der Waals surface area (Å²) in [5.74, 6) is -0.389. The molecule has 0 aliphatic carbocycles. The summed E-state index contributed by atoms with van der Waals surface area (Å²) in [6.07, 6.45) is 0.0755. The number of hydrogen-bond acceptors (Lipinski definition) is 5. The van der Waals surface area contributed by atoms with Crippen molar-refractivity contribution >= 4 is 35.3 Å². The Morgan fingerprint density at radius 2 is 2.12 bits per heavy atom. The molecule has 0 spiro atoms. The number of urea groups is 1. The molecule has 0 N–H and O–H groups in total. The van der Waals surface area contributed by atoms with Crippen LogP contribution in [-0.4, -0.2) is 59.6 Å². The number of rotatable bonds is 1. The summed E-state index contributed by atoms with van der Waals surface area (Å²) in [4.78, 5) is 42.1. The number of methoxy groups -OCH3 is 1. The van der Waals surface area contributed by atoms with Gasteiger partial charge in [0.05, 0.1) is 35.5 Å². The number of nitriles is 1. The molecular formula is C17H15ClN4O4. The van der Waals surface area contributed by atoms with Crippen molar-refractivity contribution in [2.75, 3.05) is 18.6 Å². The van der Waals surface area contributed by atoms with Crippen molar-refractivity contribution in [3.05, 3.63) is 28.3 Å². The maximum absolute atomic E-state index is 13.0. The molecule has 3 aliphatic heterocycles. The van der Waals surface area contributed by atoms with Gasteiger partial charge in [0.2, 0.25) is 0 Å². The van der Waals surface area contributed by atoms with Gasteiger partial charge in [-0.1, -0.05) is 11.6 Å². The third-order valence-electron chi connectivity index (χ3n) is 5.39. The van der Waals surface area contributed by atoms with Crippen molar-refractivity contribution in [2.24, 2.45) is 0 Å². The zero-order valence-electron chi connectivity index (χ0n) is 14.1. The highest BCUT2D eigenvalue weighted by Crippen LogP contribution is 2.43. The number of ether oxygens (including phenoxy) is 1. The molecule has 4 amide bonds. The molecule has 1 aromatic rings. The highest BCUT2D eigenvalue weighted by Gasteiger charge is 2.63. The minimum absolute atomic E-state index is 0.209. The third-order valence-corrected chi connectivity index (χ3v) is 5.88. The Balaban J connectivity index is 1.72. The van der Waals surface area contributed by atoms with Gasteiger partial charge in [-0.05, 0) is 31.0 Å². The third kappa shape index (κ3) is 1.98. The van der Waals surface area contributed by atoms with Crippen LogP contribution >= 0.6 is 11.6 Å². The zero-order valence-corrected chi connectivity index (χ0v) is 14.9. The molecule has 3 aliphatic rings. The first kappa shape index (κ1) is 16.7. The molecular weight excluding hydrogens is 360 g/mol. The number of benzene rings is 1. The molecule has 3 saturated heterocycles. The summed E-state index contributed by atoms with van der Waals surface area (Å²) < 4.78 is 4.78. The molecule has 3 heterocycles. The van der Waals surface area contributed by atoms with Crippen LogP contribution in [0.3, 0.4) is 0 Å². The predicted molar refractivity (Wildman–Crippen MR) is 90.7 cm³/mol. The Hall–Kier alpha value is -2.79. The summed E-state index contributed by atoms with van der Waals surface area (Å²) >= 11 is 6.19. The van der Waals surface area contributed by atoms with E-state index in [0.29, 0.717) is 24.2 Å². The molecule has 134 valence electrons. The maximum atomic E-state index is 13.0. The van der Waals surface area contributed by atoms with Crippen LogP contribution in [0.15, 0.2) is 12.1 Å². The van der Waals surface area contributed by atoms with Crippen LogP contribution in [0.4, 0.5) is 15.3 Å². The Morgan fingerprint density at radius 1 is 1.38 bits per heavy atom. The van der Waals surface area contributed by atoms with E-state index < -0.39 is 18.2 Å². The van der Waals surface area contributed by atoms with Crippen LogP contribution in [0, 0.1) is 18.3 Å². The van der Waals surface area contributed by atoms with E-state index in [1.807, 2.05) is 6.07 Å². The van der Waals surface area contributed by atoms with Crippen LogP contribution in [0.1, 0.15) is 17.5 Å². The Morgan fingerprint density at radius 3 is 2.77 bits per heavy atom. The SMILES string of the molecule is COC(=O)N1C[C@H]2CC1[C@H]1C(=O)N(c3ccc(C#N)c(Cl)c3C)C(=O)N21. The second-order valence-electron chi connectivity index (χ2n) is 6.57. The molecule has 1 aromatic carbocycles. The lowest BCUT2D eigenvalue weighted by atomic mass is 10.1. The van der Waals surface area contributed by atoms with Crippen molar-refractivity contribution in [3.63, 3.8) is 0 Å².